The van der Waals surface area contributed by atoms with Crippen LogP contribution in [0.3, 0.4) is 0 Å². The number of fused-ring (bicyclic) bond motifs is 5. The van der Waals surface area contributed by atoms with Crippen molar-refractivity contribution in [3.8, 4) is 5.75 Å². The predicted octanol–water partition coefficient (Wildman–Crippen LogP) is 5.05. The number of aliphatic hydroxyl groups excluding tert-OH is 1. The van der Waals surface area contributed by atoms with Crippen molar-refractivity contribution < 1.29 is 27.9 Å². The van der Waals surface area contributed by atoms with Crippen LogP contribution in [0, 0.1) is 46.3 Å². The molecule has 2 amide bonds. The monoisotopic (exact) mass is 602 g/mol. The van der Waals surface area contributed by atoms with Gasteiger partial charge in [0.2, 0.25) is 5.91 Å². The molecule has 0 saturated heterocycles. The lowest BCUT2D eigenvalue weighted by molar-refractivity contribution is -0.130. The quantitative estimate of drug-likeness (QED) is 0.364. The number of hydrogen-bond acceptors (Lipinski definition) is 6. The number of aliphatic hydroxyl groups is 1. The average Bonchev–Trinajstić information content (AvgIpc) is 3.32. The Kier molecular flexibility index (Phi) is 9.02. The van der Waals surface area contributed by atoms with Crippen LogP contribution in [-0.2, 0) is 19.6 Å². The van der Waals surface area contributed by atoms with E-state index in [0.717, 1.165) is 37.0 Å². The van der Waals surface area contributed by atoms with Gasteiger partial charge in [-0.3, -0.25) is 9.59 Å². The number of ether oxygens (including phenoxy) is 1. The van der Waals surface area contributed by atoms with E-state index in [1.54, 1.807) is 0 Å². The Morgan fingerprint density at radius 2 is 1.67 bits per heavy atom. The second-order valence-corrected chi connectivity index (χ2v) is 16.0. The Morgan fingerprint density at radius 1 is 0.976 bits per heavy atom. The first-order chi connectivity index (χ1) is 19.9. The Hall–Kier alpha value is -2.13. The van der Waals surface area contributed by atoms with Gasteiger partial charge < -0.3 is 15.2 Å². The van der Waals surface area contributed by atoms with Gasteiger partial charge in [-0.05, 0) is 135 Å². The van der Waals surface area contributed by atoms with Gasteiger partial charge in [0, 0.05) is 6.42 Å². The highest BCUT2D eigenvalue weighted by molar-refractivity contribution is 7.90. The third-order valence-electron chi connectivity index (χ3n) is 12.3. The summed E-state index contributed by atoms with van der Waals surface area (Å²) in [6.45, 7) is 6.96. The number of hydrogen-bond donors (Lipinski definition) is 3. The first kappa shape index (κ1) is 31.3. The van der Waals surface area contributed by atoms with Gasteiger partial charge in [-0.25, -0.2) is 13.1 Å². The molecule has 4 fully saturated rings. The molecule has 0 unspecified atom stereocenters. The molecule has 9 atom stereocenters. The molecule has 4 aliphatic rings. The molecule has 0 aliphatic heterocycles. The number of rotatable bonds is 9. The summed E-state index contributed by atoms with van der Waals surface area (Å²) in [6, 6.07) is 5.74. The minimum atomic E-state index is -4.03. The Balaban J connectivity index is 1.10. The van der Waals surface area contributed by atoms with Crippen molar-refractivity contribution in [2.75, 3.05) is 13.7 Å². The second kappa shape index (κ2) is 12.1. The van der Waals surface area contributed by atoms with Crippen LogP contribution >= 0.6 is 0 Å². The zero-order chi connectivity index (χ0) is 30.3. The van der Waals surface area contributed by atoms with Crippen LogP contribution in [0.2, 0.25) is 0 Å². The zero-order valence-electron chi connectivity index (χ0n) is 25.7. The van der Waals surface area contributed by atoms with Crippen LogP contribution < -0.4 is 14.8 Å². The van der Waals surface area contributed by atoms with Crippen molar-refractivity contribution in [3.63, 3.8) is 0 Å². The normalized spacial score (nSPS) is 36.6. The average molecular weight is 603 g/mol. The lowest BCUT2D eigenvalue weighted by atomic mass is 9.44. The maximum atomic E-state index is 12.6. The van der Waals surface area contributed by atoms with Gasteiger partial charge in [0.1, 0.15) is 5.75 Å². The molecule has 8 nitrogen and oxygen atoms in total. The molecule has 4 aliphatic carbocycles. The largest absolute Gasteiger partial charge is 0.497 e. The molecule has 0 spiro atoms. The summed E-state index contributed by atoms with van der Waals surface area (Å²) >= 11 is 0. The number of sulfonamides is 1. The Morgan fingerprint density at radius 3 is 2.38 bits per heavy atom. The first-order valence-electron chi connectivity index (χ1n) is 16.0. The van der Waals surface area contributed by atoms with Gasteiger partial charge in [0.05, 0.1) is 24.7 Å². The van der Waals surface area contributed by atoms with Crippen LogP contribution in [0.1, 0.15) is 91.4 Å². The third kappa shape index (κ3) is 5.97. The van der Waals surface area contributed by atoms with Crippen molar-refractivity contribution >= 4 is 21.8 Å². The molecule has 0 bridgehead atoms. The second-order valence-electron chi connectivity index (χ2n) is 14.3. The topological polar surface area (TPSA) is 122 Å². The summed E-state index contributed by atoms with van der Waals surface area (Å²) in [5.74, 6) is 3.49. The van der Waals surface area contributed by atoms with Crippen LogP contribution in [0.25, 0.3) is 0 Å². The summed E-state index contributed by atoms with van der Waals surface area (Å²) < 4.78 is 32.0. The maximum Gasteiger partial charge on any atom is 0.264 e. The maximum absolute atomic E-state index is 12.6. The fourth-order valence-corrected chi connectivity index (χ4v) is 11.0. The number of amides is 2. The SMILES string of the molecule is COc1ccc(S(=O)(=O)NC(=O)CNC(=O)CC[C@@H](C)[C@H]2CC[C@H]3[C@@H]4CC[C@@H]5C[C@H](O)CC[C@]5(C)[C@H]4CC[C@]23C)cc1. The van der Waals surface area contributed by atoms with Crippen molar-refractivity contribution in [1.82, 2.24) is 10.0 Å². The molecule has 5 rings (SSSR count). The van der Waals surface area contributed by atoms with Crippen LogP contribution in [-0.4, -0.2) is 45.1 Å². The number of benzene rings is 1. The standard InChI is InChI=1S/C33H50N2O6S/c1-21(5-14-30(37)34-20-31(38)35-42(39,40)25-9-7-24(41-4)8-10-25)27-12-13-28-26-11-6-22-19-23(36)15-17-32(22,2)29(26)16-18-33(27,28)3/h7-10,21-23,26-29,36H,5-6,11-20H2,1-4H3,(H,34,37)(H,35,38)/t21-,22-,23-,26+,27-,28+,29+,32+,33-/m1/s1. The van der Waals surface area contributed by atoms with E-state index in [-0.39, 0.29) is 23.5 Å². The number of carbonyl (C=O) groups excluding carboxylic acids is 2. The van der Waals surface area contributed by atoms with Gasteiger partial charge >= 0.3 is 0 Å². The molecule has 0 radical (unpaired) electrons. The van der Waals surface area contributed by atoms with E-state index in [1.165, 1.54) is 76.3 Å². The van der Waals surface area contributed by atoms with Gasteiger partial charge in [-0.2, -0.15) is 0 Å². The number of methoxy groups -OCH3 is 1. The lowest BCUT2D eigenvalue weighted by Gasteiger charge is -2.61. The summed E-state index contributed by atoms with van der Waals surface area (Å²) in [5.41, 5.74) is 0.690. The van der Waals surface area contributed by atoms with E-state index in [1.807, 2.05) is 4.72 Å². The molecular weight excluding hydrogens is 552 g/mol. The first-order valence-corrected chi connectivity index (χ1v) is 17.5. The molecule has 42 heavy (non-hydrogen) atoms. The van der Waals surface area contributed by atoms with E-state index in [9.17, 15) is 23.1 Å². The number of nitrogens with one attached hydrogen (secondary N) is 2. The van der Waals surface area contributed by atoms with Crippen molar-refractivity contribution in [2.45, 2.75) is 102 Å². The summed E-state index contributed by atoms with van der Waals surface area (Å²) in [6.07, 6.45) is 11.7. The summed E-state index contributed by atoms with van der Waals surface area (Å²) in [4.78, 5) is 24.9. The van der Waals surface area contributed by atoms with Crippen molar-refractivity contribution in [3.05, 3.63) is 24.3 Å². The molecule has 4 saturated carbocycles. The Bertz CT molecular complexity index is 1250. The molecule has 1 aromatic rings. The zero-order valence-corrected chi connectivity index (χ0v) is 26.5. The lowest BCUT2D eigenvalue weighted by Crippen LogP contribution is -2.54. The molecule has 0 heterocycles. The van der Waals surface area contributed by atoms with Crippen LogP contribution in [0.15, 0.2) is 29.2 Å². The summed E-state index contributed by atoms with van der Waals surface area (Å²) in [5, 5.41) is 12.9. The smallest absolute Gasteiger partial charge is 0.264 e. The molecule has 234 valence electrons. The highest BCUT2D eigenvalue weighted by atomic mass is 32.2. The molecule has 9 heteroatoms. The molecule has 3 N–H and O–H groups in total. The van der Waals surface area contributed by atoms with Crippen LogP contribution in [0.5, 0.6) is 5.75 Å². The third-order valence-corrected chi connectivity index (χ3v) is 13.7. The minimum absolute atomic E-state index is 0.0473. The molecule has 0 aromatic heterocycles. The Labute approximate surface area is 251 Å². The van der Waals surface area contributed by atoms with E-state index in [0.29, 0.717) is 40.8 Å². The predicted molar refractivity (Wildman–Crippen MR) is 161 cm³/mol. The van der Waals surface area contributed by atoms with Gasteiger partial charge in [0.15, 0.2) is 0 Å². The van der Waals surface area contributed by atoms with Gasteiger partial charge in [0.25, 0.3) is 15.9 Å². The van der Waals surface area contributed by atoms with Crippen molar-refractivity contribution in [1.29, 1.82) is 0 Å². The van der Waals surface area contributed by atoms with E-state index in [2.05, 4.69) is 26.1 Å². The van der Waals surface area contributed by atoms with E-state index in [4.69, 9.17) is 4.74 Å². The van der Waals surface area contributed by atoms with E-state index < -0.39 is 15.9 Å². The van der Waals surface area contributed by atoms with Crippen molar-refractivity contribution in [2.24, 2.45) is 46.3 Å². The number of carbonyl (C=O) groups is 2. The molecule has 1 aromatic carbocycles. The highest BCUT2D eigenvalue weighted by Crippen LogP contribution is 2.68. The minimum Gasteiger partial charge on any atom is -0.497 e. The fourth-order valence-electron chi connectivity index (χ4n) is 10.0. The highest BCUT2D eigenvalue weighted by Gasteiger charge is 2.60. The summed E-state index contributed by atoms with van der Waals surface area (Å²) in [7, 11) is -2.54. The molecular formula is C33H50N2O6S. The van der Waals surface area contributed by atoms with Gasteiger partial charge in [-0.15, -0.1) is 0 Å². The fraction of sp³-hybridized carbons (Fsp3) is 0.758. The van der Waals surface area contributed by atoms with E-state index >= 15 is 0 Å². The van der Waals surface area contributed by atoms with Gasteiger partial charge in [-0.1, -0.05) is 20.8 Å². The van der Waals surface area contributed by atoms with Crippen LogP contribution in [0.4, 0.5) is 0 Å².